The summed E-state index contributed by atoms with van der Waals surface area (Å²) in [5.74, 6) is 0. The molecule has 3 heteroatoms. The predicted octanol–water partition coefficient (Wildman–Crippen LogP) is 2.18. The molecule has 0 spiro atoms. The first kappa shape index (κ1) is 7.54. The van der Waals surface area contributed by atoms with Gasteiger partial charge >= 0.3 is 0 Å². The van der Waals surface area contributed by atoms with Crippen molar-refractivity contribution >= 4 is 12.2 Å². The number of nitrogens with one attached hydrogen (secondary N) is 1. The van der Waals surface area contributed by atoms with Gasteiger partial charge in [0.25, 0.3) is 0 Å². The molecule has 1 aromatic rings. The Kier molecular flexibility index (Phi) is 1.94. The zero-order valence-corrected chi connectivity index (χ0v) is 7.38. The minimum Gasteiger partial charge on any atom is -0.335 e. The number of hydrogen-bond acceptors (Lipinski definition) is 1. The van der Waals surface area contributed by atoms with Crippen LogP contribution in [0.5, 0.6) is 0 Å². The van der Waals surface area contributed by atoms with Crippen LogP contribution in [0.2, 0.25) is 0 Å². The van der Waals surface area contributed by atoms with Crippen molar-refractivity contribution in [3.05, 3.63) is 16.2 Å². The van der Waals surface area contributed by atoms with Crippen LogP contribution in [0.4, 0.5) is 0 Å². The first-order chi connectivity index (χ1) is 4.66. The molecular formula is C7H12N2S. The number of rotatable bonds is 1. The number of H-pyrrole nitrogens is 1. The summed E-state index contributed by atoms with van der Waals surface area (Å²) < 4.78 is 2.92. The second-order valence-electron chi connectivity index (χ2n) is 2.38. The Bertz CT molecular complexity index is 282. The molecule has 10 heavy (non-hydrogen) atoms. The van der Waals surface area contributed by atoms with E-state index in [1.54, 1.807) is 0 Å². The second kappa shape index (κ2) is 2.58. The van der Waals surface area contributed by atoms with Crippen molar-refractivity contribution in [1.29, 1.82) is 0 Å². The summed E-state index contributed by atoms with van der Waals surface area (Å²) in [7, 11) is 0. The van der Waals surface area contributed by atoms with Gasteiger partial charge in [-0.3, -0.25) is 0 Å². The minimum atomic E-state index is 0.831. The van der Waals surface area contributed by atoms with Gasteiger partial charge in [-0.2, -0.15) is 0 Å². The van der Waals surface area contributed by atoms with Crippen molar-refractivity contribution in [2.24, 2.45) is 0 Å². The molecule has 0 aliphatic rings. The van der Waals surface area contributed by atoms with Crippen molar-refractivity contribution in [3.63, 3.8) is 0 Å². The van der Waals surface area contributed by atoms with Gasteiger partial charge in [-0.1, -0.05) is 0 Å². The Labute approximate surface area is 65.9 Å². The lowest BCUT2D eigenvalue weighted by molar-refractivity contribution is 0.725. The lowest BCUT2D eigenvalue weighted by Gasteiger charge is -1.98. The molecule has 0 bridgehead atoms. The van der Waals surface area contributed by atoms with Crippen LogP contribution in [0.3, 0.4) is 0 Å². The maximum atomic E-state index is 5.07. The fraction of sp³-hybridized carbons (Fsp3) is 0.571. The molecule has 0 aromatic carbocycles. The molecule has 0 aliphatic carbocycles. The smallest absolute Gasteiger partial charge is 0.177 e. The zero-order chi connectivity index (χ0) is 7.72. The number of hydrogen-bond donors (Lipinski definition) is 1. The van der Waals surface area contributed by atoms with Gasteiger partial charge in [-0.05, 0) is 33.0 Å². The van der Waals surface area contributed by atoms with E-state index in [1.165, 1.54) is 11.4 Å². The summed E-state index contributed by atoms with van der Waals surface area (Å²) in [6.45, 7) is 7.16. The van der Waals surface area contributed by atoms with Gasteiger partial charge in [-0.15, -0.1) is 0 Å². The van der Waals surface area contributed by atoms with Gasteiger partial charge < -0.3 is 9.55 Å². The van der Waals surface area contributed by atoms with E-state index < -0.39 is 0 Å². The molecule has 0 atom stereocenters. The molecule has 2 nitrogen and oxygen atoms in total. The van der Waals surface area contributed by atoms with E-state index in [4.69, 9.17) is 12.2 Å². The summed E-state index contributed by atoms with van der Waals surface area (Å²) in [6.07, 6.45) is 0. The second-order valence-corrected chi connectivity index (χ2v) is 2.77. The van der Waals surface area contributed by atoms with E-state index in [-0.39, 0.29) is 0 Å². The zero-order valence-electron chi connectivity index (χ0n) is 6.56. The van der Waals surface area contributed by atoms with Gasteiger partial charge in [0, 0.05) is 17.9 Å². The largest absolute Gasteiger partial charge is 0.335 e. The summed E-state index contributed by atoms with van der Waals surface area (Å²) in [6, 6.07) is 0. The molecular weight excluding hydrogens is 144 g/mol. The molecule has 1 N–H and O–H groups in total. The van der Waals surface area contributed by atoms with Crippen molar-refractivity contribution in [2.75, 3.05) is 0 Å². The van der Waals surface area contributed by atoms with E-state index in [0.717, 1.165) is 11.3 Å². The summed E-state index contributed by atoms with van der Waals surface area (Å²) in [5, 5.41) is 0. The molecule has 0 saturated carbocycles. The van der Waals surface area contributed by atoms with Crippen LogP contribution in [0, 0.1) is 18.6 Å². The third-order valence-electron chi connectivity index (χ3n) is 1.80. The van der Waals surface area contributed by atoms with Crippen molar-refractivity contribution in [2.45, 2.75) is 27.3 Å². The minimum absolute atomic E-state index is 0.831. The van der Waals surface area contributed by atoms with Gasteiger partial charge in [0.05, 0.1) is 0 Å². The van der Waals surface area contributed by atoms with E-state index >= 15 is 0 Å². The van der Waals surface area contributed by atoms with Crippen LogP contribution < -0.4 is 0 Å². The molecule has 0 unspecified atom stereocenters. The Hall–Kier alpha value is -0.570. The normalized spacial score (nSPS) is 10.3. The number of imidazole rings is 1. The fourth-order valence-corrected chi connectivity index (χ4v) is 1.47. The van der Waals surface area contributed by atoms with E-state index in [2.05, 4.69) is 23.4 Å². The standard InChI is InChI=1S/C7H12N2S/c1-4-9-6(3)5(2)8-7(9)10/h4H2,1-3H3,(H,8,10). The Morgan fingerprint density at radius 2 is 2.10 bits per heavy atom. The number of aromatic nitrogens is 2. The third kappa shape index (κ3) is 1.01. The lowest BCUT2D eigenvalue weighted by atomic mass is 10.4. The number of aryl methyl sites for hydroxylation is 1. The Balaban J connectivity index is 3.34. The van der Waals surface area contributed by atoms with Crippen LogP contribution in [0.1, 0.15) is 18.3 Å². The highest BCUT2D eigenvalue weighted by Gasteiger charge is 1.99. The van der Waals surface area contributed by atoms with Crippen LogP contribution in [0.25, 0.3) is 0 Å². The van der Waals surface area contributed by atoms with Crippen molar-refractivity contribution in [3.8, 4) is 0 Å². The van der Waals surface area contributed by atoms with Gasteiger partial charge in [0.15, 0.2) is 4.77 Å². The first-order valence-electron chi connectivity index (χ1n) is 3.42. The monoisotopic (exact) mass is 156 g/mol. The highest BCUT2D eigenvalue weighted by atomic mass is 32.1. The van der Waals surface area contributed by atoms with Crippen LogP contribution in [-0.4, -0.2) is 9.55 Å². The molecule has 0 saturated heterocycles. The summed E-state index contributed by atoms with van der Waals surface area (Å²) >= 11 is 5.07. The maximum Gasteiger partial charge on any atom is 0.177 e. The Morgan fingerprint density at radius 3 is 2.30 bits per heavy atom. The average Bonchev–Trinajstić information content (AvgIpc) is 2.09. The van der Waals surface area contributed by atoms with E-state index in [0.29, 0.717) is 0 Å². The topological polar surface area (TPSA) is 20.7 Å². The van der Waals surface area contributed by atoms with Crippen molar-refractivity contribution < 1.29 is 0 Å². The van der Waals surface area contributed by atoms with Gasteiger partial charge in [-0.25, -0.2) is 0 Å². The van der Waals surface area contributed by atoms with E-state index in [9.17, 15) is 0 Å². The van der Waals surface area contributed by atoms with Crippen LogP contribution >= 0.6 is 12.2 Å². The average molecular weight is 156 g/mol. The molecule has 0 fully saturated rings. The van der Waals surface area contributed by atoms with Crippen LogP contribution in [-0.2, 0) is 6.54 Å². The maximum absolute atomic E-state index is 5.07. The molecule has 1 aromatic heterocycles. The summed E-state index contributed by atoms with van der Waals surface area (Å²) in [5.41, 5.74) is 2.42. The lowest BCUT2D eigenvalue weighted by Crippen LogP contribution is -1.95. The first-order valence-corrected chi connectivity index (χ1v) is 3.83. The Morgan fingerprint density at radius 1 is 1.50 bits per heavy atom. The third-order valence-corrected chi connectivity index (χ3v) is 2.13. The summed E-state index contributed by atoms with van der Waals surface area (Å²) in [4.78, 5) is 3.10. The molecule has 0 radical (unpaired) electrons. The molecule has 1 rings (SSSR count). The molecule has 0 amide bonds. The quantitative estimate of drug-likeness (QED) is 0.618. The van der Waals surface area contributed by atoms with Crippen LogP contribution in [0.15, 0.2) is 0 Å². The highest BCUT2D eigenvalue weighted by molar-refractivity contribution is 7.71. The van der Waals surface area contributed by atoms with Crippen molar-refractivity contribution in [1.82, 2.24) is 9.55 Å². The van der Waals surface area contributed by atoms with Gasteiger partial charge in [0.1, 0.15) is 0 Å². The fourth-order valence-electron chi connectivity index (χ4n) is 1.05. The highest BCUT2D eigenvalue weighted by Crippen LogP contribution is 2.05. The SMILES string of the molecule is CCn1c(C)c(C)[nH]c1=S. The number of nitrogens with zero attached hydrogens (tertiary/aromatic N) is 1. The van der Waals surface area contributed by atoms with E-state index in [1.807, 2.05) is 6.92 Å². The molecule has 0 aliphatic heterocycles. The number of aromatic amines is 1. The molecule has 56 valence electrons. The molecule has 1 heterocycles. The van der Waals surface area contributed by atoms with Gasteiger partial charge in [0.2, 0.25) is 0 Å². The predicted molar refractivity (Wildman–Crippen MR) is 44.8 cm³/mol.